The maximum absolute atomic E-state index is 4.20. The van der Waals surface area contributed by atoms with Crippen LogP contribution in [-0.4, -0.2) is 28.0 Å². The Labute approximate surface area is 73.5 Å². The molecule has 0 atom stereocenters. The molecule has 1 heterocycles. The fourth-order valence-electron chi connectivity index (χ4n) is 0.850. The number of aromatic nitrogens is 2. The number of rotatable bonds is 3. The van der Waals surface area contributed by atoms with Crippen molar-refractivity contribution >= 4 is 0 Å². The van der Waals surface area contributed by atoms with Crippen molar-refractivity contribution in [2.75, 3.05) is 7.05 Å². The van der Waals surface area contributed by atoms with Crippen molar-refractivity contribution in [2.45, 2.75) is 26.4 Å². The van der Waals surface area contributed by atoms with E-state index in [9.17, 15) is 0 Å². The fourth-order valence-corrected chi connectivity index (χ4v) is 0.850. The van der Waals surface area contributed by atoms with Crippen molar-refractivity contribution in [1.29, 1.82) is 0 Å². The molecule has 0 spiro atoms. The largest absolute Gasteiger partial charge is 0.298 e. The van der Waals surface area contributed by atoms with Crippen LogP contribution in [0.5, 0.6) is 0 Å². The Bertz CT molecular complexity index is 220. The van der Waals surface area contributed by atoms with E-state index in [1.807, 2.05) is 0 Å². The Balaban J connectivity index is 2.53. The molecule has 1 rings (SSSR count). The quantitative estimate of drug-likeness (QED) is 0.676. The summed E-state index contributed by atoms with van der Waals surface area (Å²) in [6, 6.07) is 0.548. The number of hydrogen-bond donors (Lipinski definition) is 0. The molecule has 0 unspecified atom stereocenters. The molecule has 0 radical (unpaired) electrons. The van der Waals surface area contributed by atoms with E-state index in [4.69, 9.17) is 0 Å². The lowest BCUT2D eigenvalue weighted by Gasteiger charge is -2.19. The SMILES string of the molecule is CC(C)N(C)Cc1cnccn1. The first-order valence-corrected chi connectivity index (χ1v) is 4.15. The van der Waals surface area contributed by atoms with Crippen LogP contribution < -0.4 is 0 Å². The summed E-state index contributed by atoms with van der Waals surface area (Å²) in [4.78, 5) is 10.4. The zero-order valence-electron chi connectivity index (χ0n) is 7.86. The molecule has 0 aliphatic carbocycles. The highest BCUT2D eigenvalue weighted by Crippen LogP contribution is 2.00. The van der Waals surface area contributed by atoms with Gasteiger partial charge in [0.1, 0.15) is 0 Å². The molecule has 3 heteroatoms. The van der Waals surface area contributed by atoms with E-state index >= 15 is 0 Å². The molecular formula is C9H15N3. The number of hydrogen-bond acceptors (Lipinski definition) is 3. The van der Waals surface area contributed by atoms with Gasteiger partial charge in [-0.25, -0.2) is 0 Å². The molecule has 3 nitrogen and oxygen atoms in total. The molecule has 0 amide bonds. The predicted molar refractivity (Wildman–Crippen MR) is 48.6 cm³/mol. The molecule has 0 bridgehead atoms. The van der Waals surface area contributed by atoms with Crippen LogP contribution in [0.4, 0.5) is 0 Å². The highest BCUT2D eigenvalue weighted by Gasteiger charge is 2.03. The minimum atomic E-state index is 0.548. The standard InChI is InChI=1S/C9H15N3/c1-8(2)12(3)7-9-6-10-4-5-11-9/h4-6,8H,7H2,1-3H3. The van der Waals surface area contributed by atoms with Gasteiger partial charge < -0.3 is 0 Å². The minimum Gasteiger partial charge on any atom is -0.298 e. The van der Waals surface area contributed by atoms with E-state index in [-0.39, 0.29) is 0 Å². The van der Waals surface area contributed by atoms with E-state index in [0.29, 0.717) is 6.04 Å². The Kier molecular flexibility index (Phi) is 3.17. The molecule has 66 valence electrons. The fraction of sp³-hybridized carbons (Fsp3) is 0.556. The van der Waals surface area contributed by atoms with Gasteiger partial charge in [0.25, 0.3) is 0 Å². The average molecular weight is 165 g/mol. The van der Waals surface area contributed by atoms with Crippen molar-refractivity contribution in [2.24, 2.45) is 0 Å². The van der Waals surface area contributed by atoms with E-state index in [0.717, 1.165) is 12.2 Å². The van der Waals surface area contributed by atoms with Gasteiger partial charge >= 0.3 is 0 Å². The highest BCUT2D eigenvalue weighted by molar-refractivity contribution is 4.94. The molecule has 0 saturated heterocycles. The Hall–Kier alpha value is -0.960. The summed E-state index contributed by atoms with van der Waals surface area (Å²) >= 11 is 0. The van der Waals surface area contributed by atoms with Crippen LogP contribution in [0.15, 0.2) is 18.6 Å². The molecule has 0 N–H and O–H groups in total. The van der Waals surface area contributed by atoms with Crippen LogP contribution in [0.3, 0.4) is 0 Å². The summed E-state index contributed by atoms with van der Waals surface area (Å²) in [7, 11) is 2.08. The summed E-state index contributed by atoms with van der Waals surface area (Å²) in [5.41, 5.74) is 1.02. The topological polar surface area (TPSA) is 29.0 Å². The third kappa shape index (κ3) is 2.58. The normalized spacial score (nSPS) is 11.1. The zero-order chi connectivity index (χ0) is 8.97. The summed E-state index contributed by atoms with van der Waals surface area (Å²) in [5.74, 6) is 0. The summed E-state index contributed by atoms with van der Waals surface area (Å²) in [5, 5.41) is 0. The first-order valence-electron chi connectivity index (χ1n) is 4.15. The molecule has 0 saturated carbocycles. The molecule has 0 aromatic carbocycles. The second-order valence-corrected chi connectivity index (χ2v) is 3.21. The summed E-state index contributed by atoms with van der Waals surface area (Å²) < 4.78 is 0. The Morgan fingerprint density at radius 1 is 1.42 bits per heavy atom. The first-order chi connectivity index (χ1) is 5.70. The van der Waals surface area contributed by atoms with E-state index in [1.54, 1.807) is 18.6 Å². The van der Waals surface area contributed by atoms with Gasteiger partial charge in [-0.15, -0.1) is 0 Å². The Morgan fingerprint density at radius 2 is 2.17 bits per heavy atom. The number of nitrogens with zero attached hydrogens (tertiary/aromatic N) is 3. The van der Waals surface area contributed by atoms with Crippen molar-refractivity contribution < 1.29 is 0 Å². The predicted octanol–water partition coefficient (Wildman–Crippen LogP) is 1.32. The van der Waals surface area contributed by atoms with E-state index < -0.39 is 0 Å². The van der Waals surface area contributed by atoms with Crippen LogP contribution in [0.2, 0.25) is 0 Å². The van der Waals surface area contributed by atoms with Gasteiger partial charge in [-0.05, 0) is 20.9 Å². The van der Waals surface area contributed by atoms with Gasteiger partial charge in [0.15, 0.2) is 0 Å². The zero-order valence-corrected chi connectivity index (χ0v) is 7.86. The first kappa shape index (κ1) is 9.13. The minimum absolute atomic E-state index is 0.548. The second kappa shape index (κ2) is 4.16. The Morgan fingerprint density at radius 3 is 2.67 bits per heavy atom. The van der Waals surface area contributed by atoms with Crippen LogP contribution in [0.25, 0.3) is 0 Å². The van der Waals surface area contributed by atoms with E-state index in [1.165, 1.54) is 0 Å². The van der Waals surface area contributed by atoms with Crippen LogP contribution in [0, 0.1) is 0 Å². The summed E-state index contributed by atoms with van der Waals surface area (Å²) in [6.45, 7) is 5.19. The van der Waals surface area contributed by atoms with Crippen molar-refractivity contribution in [3.63, 3.8) is 0 Å². The van der Waals surface area contributed by atoms with Crippen LogP contribution in [-0.2, 0) is 6.54 Å². The van der Waals surface area contributed by atoms with Crippen LogP contribution >= 0.6 is 0 Å². The molecule has 12 heavy (non-hydrogen) atoms. The van der Waals surface area contributed by atoms with Gasteiger partial charge in [-0.2, -0.15) is 0 Å². The van der Waals surface area contributed by atoms with E-state index in [2.05, 4.69) is 35.8 Å². The molecule has 0 aliphatic rings. The van der Waals surface area contributed by atoms with Gasteiger partial charge in [-0.1, -0.05) is 0 Å². The molecule has 0 fully saturated rings. The van der Waals surface area contributed by atoms with Gasteiger partial charge in [0, 0.05) is 31.2 Å². The monoisotopic (exact) mass is 165 g/mol. The van der Waals surface area contributed by atoms with Gasteiger partial charge in [-0.3, -0.25) is 14.9 Å². The third-order valence-corrected chi connectivity index (χ3v) is 1.91. The molecule has 1 aromatic rings. The third-order valence-electron chi connectivity index (χ3n) is 1.91. The second-order valence-electron chi connectivity index (χ2n) is 3.21. The maximum atomic E-state index is 4.20. The lowest BCUT2D eigenvalue weighted by atomic mass is 10.3. The van der Waals surface area contributed by atoms with Crippen molar-refractivity contribution in [3.05, 3.63) is 24.3 Å². The highest BCUT2D eigenvalue weighted by atomic mass is 15.1. The smallest absolute Gasteiger partial charge is 0.0726 e. The molecule has 1 aromatic heterocycles. The van der Waals surface area contributed by atoms with Gasteiger partial charge in [0.05, 0.1) is 5.69 Å². The van der Waals surface area contributed by atoms with Crippen molar-refractivity contribution in [3.8, 4) is 0 Å². The lowest BCUT2D eigenvalue weighted by molar-refractivity contribution is 0.262. The van der Waals surface area contributed by atoms with Crippen LogP contribution in [0.1, 0.15) is 19.5 Å². The van der Waals surface area contributed by atoms with Gasteiger partial charge in [0.2, 0.25) is 0 Å². The average Bonchev–Trinajstić information content (AvgIpc) is 2.06. The molecule has 0 aliphatic heterocycles. The summed E-state index contributed by atoms with van der Waals surface area (Å²) in [6.07, 6.45) is 5.22. The molecular weight excluding hydrogens is 150 g/mol. The van der Waals surface area contributed by atoms with Crippen molar-refractivity contribution in [1.82, 2.24) is 14.9 Å². The maximum Gasteiger partial charge on any atom is 0.0726 e. The lowest BCUT2D eigenvalue weighted by Crippen LogP contribution is -2.26.